The third-order valence-electron chi connectivity index (χ3n) is 0.686. The van der Waals surface area contributed by atoms with Crippen LogP contribution in [0.4, 0.5) is 0 Å². The molecule has 1 heterocycles. The number of aromatic nitrogens is 2. The molecule has 0 aliphatic carbocycles. The predicted molar refractivity (Wildman–Crippen MR) is 37.7 cm³/mol. The summed E-state index contributed by atoms with van der Waals surface area (Å²) in [5.41, 5.74) is -0.855. The second kappa shape index (κ2) is 4.48. The summed E-state index contributed by atoms with van der Waals surface area (Å²) >= 11 is 0. The van der Waals surface area contributed by atoms with Crippen LogP contribution < -0.4 is 23.6 Å². The number of hydrogen-bond acceptors (Lipinski definition) is 4. The largest absolute Gasteiger partial charge is 0.344 e. The molecule has 0 fully saturated rings. The molecule has 0 amide bonds. The molecule has 0 atom stereocenters. The Balaban J connectivity index is 0. The summed E-state index contributed by atoms with van der Waals surface area (Å²) in [5, 5.41) is 0. The molecule has 0 saturated carbocycles. The molecule has 6 nitrogen and oxygen atoms in total. The number of aromatic amines is 2. The molecule has 1 aromatic heterocycles. The van der Waals surface area contributed by atoms with Crippen LogP contribution in [0.2, 0.25) is 0 Å². The fourth-order valence-corrected chi connectivity index (χ4v) is 0.383. The highest BCUT2D eigenvalue weighted by Gasteiger charge is 1.77. The molecule has 0 radical (unpaired) electrons. The van der Waals surface area contributed by atoms with E-state index in [1.807, 2.05) is 4.98 Å². The molecule has 8 N–H and O–H groups in total. The molecule has 10 heavy (non-hydrogen) atoms. The monoisotopic (exact) mass is 146 g/mol. The summed E-state index contributed by atoms with van der Waals surface area (Å²) in [7, 11) is 0. The molecule has 0 bridgehead atoms. The van der Waals surface area contributed by atoms with E-state index in [0.29, 0.717) is 0 Å². The highest BCUT2D eigenvalue weighted by Crippen LogP contribution is 1.51. The third kappa shape index (κ3) is 2.80. The van der Waals surface area contributed by atoms with Crippen molar-refractivity contribution in [2.75, 3.05) is 0 Å². The van der Waals surface area contributed by atoms with Gasteiger partial charge in [-0.25, -0.2) is 4.79 Å². The summed E-state index contributed by atoms with van der Waals surface area (Å²) < 4.78 is 0. The van der Waals surface area contributed by atoms with Gasteiger partial charge in [-0.1, -0.05) is 0 Å². The van der Waals surface area contributed by atoms with Crippen LogP contribution in [0.5, 0.6) is 0 Å². The van der Waals surface area contributed by atoms with Gasteiger partial charge in [-0.15, -0.1) is 0 Å². The number of rotatable bonds is 0. The molecule has 0 aliphatic rings. The SMILES string of the molecule is N.N.O=c1cc[nH]c(=O)[nH]1. The van der Waals surface area contributed by atoms with Crippen molar-refractivity contribution in [1.82, 2.24) is 22.3 Å². The van der Waals surface area contributed by atoms with E-state index in [4.69, 9.17) is 0 Å². The standard InChI is InChI=1S/C4H4N2O2.2H3N/c7-3-1-2-5-4(8)6-3;;/h1-2H,(H2,5,6,7,8);2*1H3. The lowest BCUT2D eigenvalue weighted by Gasteiger charge is -1.75. The molecule has 0 aromatic carbocycles. The molecular weight excluding hydrogens is 136 g/mol. The molecule has 6 heteroatoms. The Morgan fingerprint density at radius 2 is 1.80 bits per heavy atom. The quantitative estimate of drug-likeness (QED) is 0.388. The first kappa shape index (κ1) is 11.4. The molecular formula is C4H10N4O2. The van der Waals surface area contributed by atoms with Gasteiger partial charge in [0, 0.05) is 12.3 Å². The van der Waals surface area contributed by atoms with Crippen molar-refractivity contribution >= 4 is 0 Å². The zero-order valence-corrected chi connectivity index (χ0v) is 5.39. The minimum absolute atomic E-state index is 0. The van der Waals surface area contributed by atoms with Gasteiger partial charge in [0.25, 0.3) is 5.56 Å². The first-order valence-electron chi connectivity index (χ1n) is 2.07. The normalized spacial score (nSPS) is 7.20. The second-order valence-corrected chi connectivity index (χ2v) is 1.30. The summed E-state index contributed by atoms with van der Waals surface area (Å²) in [4.78, 5) is 24.7. The average Bonchev–Trinajstić information content (AvgIpc) is 1.64. The number of nitrogens with one attached hydrogen (secondary N) is 2. The molecule has 0 spiro atoms. The van der Waals surface area contributed by atoms with E-state index in [9.17, 15) is 9.59 Å². The molecule has 0 unspecified atom stereocenters. The van der Waals surface area contributed by atoms with Crippen molar-refractivity contribution in [2.24, 2.45) is 0 Å². The Morgan fingerprint density at radius 3 is 2.10 bits per heavy atom. The third-order valence-corrected chi connectivity index (χ3v) is 0.686. The van der Waals surface area contributed by atoms with Crippen LogP contribution in [0.1, 0.15) is 0 Å². The smallest absolute Gasteiger partial charge is 0.325 e. The lowest BCUT2D eigenvalue weighted by Crippen LogP contribution is -2.19. The van der Waals surface area contributed by atoms with Crippen molar-refractivity contribution in [2.45, 2.75) is 0 Å². The van der Waals surface area contributed by atoms with E-state index in [2.05, 4.69) is 4.98 Å². The van der Waals surface area contributed by atoms with Crippen LogP contribution in [0.3, 0.4) is 0 Å². The van der Waals surface area contributed by atoms with Crippen molar-refractivity contribution in [3.8, 4) is 0 Å². The van der Waals surface area contributed by atoms with Crippen LogP contribution in [0, 0.1) is 0 Å². The molecule has 0 saturated heterocycles. The maximum Gasteiger partial charge on any atom is 0.325 e. The lowest BCUT2D eigenvalue weighted by molar-refractivity contribution is 1.04. The van der Waals surface area contributed by atoms with Crippen molar-refractivity contribution < 1.29 is 0 Å². The summed E-state index contributed by atoms with van der Waals surface area (Å²) in [5.74, 6) is 0. The summed E-state index contributed by atoms with van der Waals surface area (Å²) in [6.07, 6.45) is 1.29. The van der Waals surface area contributed by atoms with Crippen LogP contribution in [0.15, 0.2) is 21.9 Å². The maximum absolute atomic E-state index is 10.2. The average molecular weight is 146 g/mol. The van der Waals surface area contributed by atoms with Crippen molar-refractivity contribution in [1.29, 1.82) is 0 Å². The van der Waals surface area contributed by atoms with Gasteiger partial charge in [0.2, 0.25) is 0 Å². The lowest BCUT2D eigenvalue weighted by atomic mass is 10.7. The Hall–Kier alpha value is -1.40. The van der Waals surface area contributed by atoms with Gasteiger partial charge in [-0.05, 0) is 0 Å². The summed E-state index contributed by atoms with van der Waals surface area (Å²) in [6, 6.07) is 1.24. The molecule has 1 rings (SSSR count). The highest BCUT2D eigenvalue weighted by molar-refractivity contribution is 4.77. The van der Waals surface area contributed by atoms with Gasteiger partial charge >= 0.3 is 5.69 Å². The van der Waals surface area contributed by atoms with Crippen LogP contribution in [-0.2, 0) is 0 Å². The van der Waals surface area contributed by atoms with E-state index >= 15 is 0 Å². The van der Waals surface area contributed by atoms with Crippen molar-refractivity contribution in [3.63, 3.8) is 0 Å². The maximum atomic E-state index is 10.2. The molecule has 58 valence electrons. The van der Waals surface area contributed by atoms with Gasteiger partial charge in [0.1, 0.15) is 0 Å². The Bertz CT molecular complexity index is 250. The Morgan fingerprint density at radius 1 is 1.20 bits per heavy atom. The Kier molecular flexibility index (Phi) is 5.10. The van der Waals surface area contributed by atoms with E-state index in [-0.39, 0.29) is 17.9 Å². The molecule has 0 aliphatic heterocycles. The predicted octanol–water partition coefficient (Wildman–Crippen LogP) is -0.613. The fourth-order valence-electron chi connectivity index (χ4n) is 0.383. The highest BCUT2D eigenvalue weighted by atomic mass is 16.2. The van der Waals surface area contributed by atoms with Crippen LogP contribution >= 0.6 is 0 Å². The number of H-pyrrole nitrogens is 2. The topological polar surface area (TPSA) is 136 Å². The van der Waals surface area contributed by atoms with Gasteiger partial charge in [0.15, 0.2) is 0 Å². The van der Waals surface area contributed by atoms with Crippen LogP contribution in [0.25, 0.3) is 0 Å². The summed E-state index contributed by atoms with van der Waals surface area (Å²) in [6.45, 7) is 0. The zero-order valence-electron chi connectivity index (χ0n) is 5.39. The van der Waals surface area contributed by atoms with Crippen molar-refractivity contribution in [3.05, 3.63) is 33.1 Å². The van der Waals surface area contributed by atoms with E-state index in [1.165, 1.54) is 12.3 Å². The van der Waals surface area contributed by atoms with E-state index in [1.54, 1.807) is 0 Å². The van der Waals surface area contributed by atoms with Gasteiger partial charge < -0.3 is 17.3 Å². The van der Waals surface area contributed by atoms with E-state index in [0.717, 1.165) is 0 Å². The van der Waals surface area contributed by atoms with E-state index < -0.39 is 5.69 Å². The number of hydrogen-bond donors (Lipinski definition) is 4. The zero-order chi connectivity index (χ0) is 5.98. The first-order valence-corrected chi connectivity index (χ1v) is 2.07. The molecule has 1 aromatic rings. The fraction of sp³-hybridized carbons (Fsp3) is 0. The van der Waals surface area contributed by atoms with Gasteiger partial charge in [0.05, 0.1) is 0 Å². The first-order chi connectivity index (χ1) is 3.79. The minimum Gasteiger partial charge on any atom is -0.344 e. The van der Waals surface area contributed by atoms with Gasteiger partial charge in [-0.2, -0.15) is 0 Å². The Labute approximate surface area is 56.5 Å². The minimum atomic E-state index is -0.475. The van der Waals surface area contributed by atoms with Gasteiger partial charge in [-0.3, -0.25) is 9.78 Å². The second-order valence-electron chi connectivity index (χ2n) is 1.30. The van der Waals surface area contributed by atoms with Crippen LogP contribution in [-0.4, -0.2) is 9.97 Å².